The average molecular weight is 598 g/mol. The van der Waals surface area contributed by atoms with Crippen LogP contribution in [0.1, 0.15) is 57.8 Å². The van der Waals surface area contributed by atoms with Crippen LogP contribution in [0, 0.1) is 0 Å². The SMILES string of the molecule is CNCCCCC1NC(=O)CNC(=O)C(CCCCNC)NC(=O)CNC(=O)[C@H](CCCCNC)NC(=O)CNC1=O. The number of hydrogen-bond acceptors (Lipinski definition) is 9. The Balaban J connectivity index is 3.09. The van der Waals surface area contributed by atoms with Crippen LogP contribution in [0.15, 0.2) is 0 Å². The summed E-state index contributed by atoms with van der Waals surface area (Å²) in [6.45, 7) is 1.03. The molecule has 0 aliphatic carbocycles. The summed E-state index contributed by atoms with van der Waals surface area (Å²) in [5.74, 6) is -3.34. The molecule has 0 aromatic rings. The maximum absolute atomic E-state index is 12.9. The van der Waals surface area contributed by atoms with Crippen LogP contribution in [0.25, 0.3) is 0 Å². The molecule has 0 bridgehead atoms. The molecule has 1 heterocycles. The highest BCUT2D eigenvalue weighted by molar-refractivity contribution is 5.95. The first-order valence-electron chi connectivity index (χ1n) is 14.9. The van der Waals surface area contributed by atoms with Gasteiger partial charge in [0.15, 0.2) is 0 Å². The van der Waals surface area contributed by atoms with Gasteiger partial charge in [-0.1, -0.05) is 0 Å². The number of hydrogen-bond donors (Lipinski definition) is 9. The van der Waals surface area contributed by atoms with Gasteiger partial charge in [-0.25, -0.2) is 0 Å². The quantitative estimate of drug-likeness (QED) is 0.0878. The third-order valence-electron chi connectivity index (χ3n) is 6.73. The van der Waals surface area contributed by atoms with Crippen molar-refractivity contribution in [1.82, 2.24) is 47.9 Å². The molecule has 0 saturated carbocycles. The van der Waals surface area contributed by atoms with Crippen LogP contribution in [-0.2, 0) is 28.8 Å². The Labute approximate surface area is 248 Å². The van der Waals surface area contributed by atoms with Crippen molar-refractivity contribution >= 4 is 35.4 Å². The van der Waals surface area contributed by atoms with Crippen molar-refractivity contribution in [2.45, 2.75) is 75.9 Å². The Morgan fingerprint density at radius 2 is 0.738 bits per heavy atom. The van der Waals surface area contributed by atoms with E-state index in [1.807, 2.05) is 21.1 Å². The van der Waals surface area contributed by atoms with Crippen molar-refractivity contribution in [3.05, 3.63) is 0 Å². The van der Waals surface area contributed by atoms with Crippen LogP contribution >= 0.6 is 0 Å². The van der Waals surface area contributed by atoms with E-state index in [0.29, 0.717) is 38.5 Å². The van der Waals surface area contributed by atoms with Crippen LogP contribution in [0.4, 0.5) is 0 Å². The molecule has 2 unspecified atom stereocenters. The molecule has 0 spiro atoms. The molecule has 0 radical (unpaired) electrons. The highest BCUT2D eigenvalue weighted by Gasteiger charge is 2.26. The van der Waals surface area contributed by atoms with Gasteiger partial charge in [0.25, 0.3) is 0 Å². The second kappa shape index (κ2) is 22.3. The van der Waals surface area contributed by atoms with Crippen molar-refractivity contribution < 1.29 is 28.8 Å². The van der Waals surface area contributed by atoms with Crippen LogP contribution in [-0.4, -0.2) is 114 Å². The van der Waals surface area contributed by atoms with E-state index in [1.165, 1.54) is 0 Å². The number of carbonyl (C=O) groups excluding carboxylic acids is 6. The van der Waals surface area contributed by atoms with E-state index < -0.39 is 73.2 Å². The van der Waals surface area contributed by atoms with Crippen molar-refractivity contribution in [3.8, 4) is 0 Å². The van der Waals surface area contributed by atoms with Gasteiger partial charge in [-0.05, 0) is 98.6 Å². The van der Waals surface area contributed by atoms with E-state index in [2.05, 4.69) is 47.9 Å². The fourth-order valence-corrected chi connectivity index (χ4v) is 4.37. The molecule has 1 rings (SSSR count). The molecule has 6 amide bonds. The van der Waals surface area contributed by atoms with Crippen LogP contribution < -0.4 is 47.9 Å². The average Bonchev–Trinajstić information content (AvgIpc) is 2.97. The minimum absolute atomic E-state index is 0.329. The predicted molar refractivity (Wildman–Crippen MR) is 158 cm³/mol. The minimum atomic E-state index is -0.921. The van der Waals surface area contributed by atoms with E-state index in [9.17, 15) is 28.8 Å². The van der Waals surface area contributed by atoms with Gasteiger partial charge in [-0.3, -0.25) is 28.8 Å². The predicted octanol–water partition coefficient (Wildman–Crippen LogP) is -3.03. The molecule has 0 aromatic carbocycles. The van der Waals surface area contributed by atoms with Crippen molar-refractivity contribution in [3.63, 3.8) is 0 Å². The highest BCUT2D eigenvalue weighted by atomic mass is 16.2. The molecule has 1 saturated heterocycles. The molecule has 0 aromatic heterocycles. The Hall–Kier alpha value is -3.30. The van der Waals surface area contributed by atoms with Crippen LogP contribution in [0.5, 0.6) is 0 Å². The van der Waals surface area contributed by atoms with Gasteiger partial charge in [0.1, 0.15) is 18.1 Å². The molecule has 15 heteroatoms. The van der Waals surface area contributed by atoms with E-state index in [4.69, 9.17) is 0 Å². The van der Waals surface area contributed by atoms with Gasteiger partial charge in [-0.15, -0.1) is 0 Å². The summed E-state index contributed by atoms with van der Waals surface area (Å²) in [5, 5.41) is 24.6. The number of carbonyl (C=O) groups is 6. The third kappa shape index (κ3) is 16.2. The van der Waals surface area contributed by atoms with Gasteiger partial charge >= 0.3 is 0 Å². The zero-order chi connectivity index (χ0) is 31.2. The molecule has 3 atom stereocenters. The monoisotopic (exact) mass is 597 g/mol. The summed E-state index contributed by atoms with van der Waals surface area (Å²) < 4.78 is 0. The topological polar surface area (TPSA) is 211 Å². The Morgan fingerprint density at radius 1 is 0.476 bits per heavy atom. The first-order valence-corrected chi connectivity index (χ1v) is 14.9. The zero-order valence-electron chi connectivity index (χ0n) is 25.3. The lowest BCUT2D eigenvalue weighted by molar-refractivity contribution is -0.133. The van der Waals surface area contributed by atoms with Gasteiger partial charge in [-0.2, -0.15) is 0 Å². The summed E-state index contributed by atoms with van der Waals surface area (Å²) in [6.07, 6.45) is 5.19. The van der Waals surface area contributed by atoms with E-state index in [0.717, 1.165) is 38.9 Å². The van der Waals surface area contributed by atoms with Gasteiger partial charge in [0.05, 0.1) is 19.6 Å². The number of rotatable bonds is 15. The largest absolute Gasteiger partial charge is 0.345 e. The normalized spacial score (nSPS) is 21.6. The lowest BCUT2D eigenvalue weighted by atomic mass is 10.1. The van der Waals surface area contributed by atoms with E-state index >= 15 is 0 Å². The van der Waals surface area contributed by atoms with Crippen molar-refractivity contribution in [2.24, 2.45) is 0 Å². The first kappa shape index (κ1) is 36.7. The fraction of sp³-hybridized carbons (Fsp3) is 0.778. The molecule has 1 aliphatic rings. The van der Waals surface area contributed by atoms with Gasteiger partial charge < -0.3 is 47.9 Å². The zero-order valence-corrected chi connectivity index (χ0v) is 25.3. The number of amides is 6. The molecular weight excluding hydrogens is 546 g/mol. The lowest BCUT2D eigenvalue weighted by Crippen LogP contribution is -2.56. The van der Waals surface area contributed by atoms with Crippen molar-refractivity contribution in [1.29, 1.82) is 0 Å². The molecule has 1 fully saturated rings. The molecule has 42 heavy (non-hydrogen) atoms. The number of nitrogens with one attached hydrogen (secondary N) is 9. The maximum atomic E-state index is 12.9. The van der Waals surface area contributed by atoms with Gasteiger partial charge in [0, 0.05) is 0 Å². The lowest BCUT2D eigenvalue weighted by Gasteiger charge is -2.22. The van der Waals surface area contributed by atoms with E-state index in [-0.39, 0.29) is 0 Å². The summed E-state index contributed by atoms with van der Waals surface area (Å²) in [6, 6.07) is -2.76. The fourth-order valence-electron chi connectivity index (χ4n) is 4.37. The minimum Gasteiger partial charge on any atom is -0.345 e. The summed E-state index contributed by atoms with van der Waals surface area (Å²) in [5.41, 5.74) is 0. The van der Waals surface area contributed by atoms with Crippen molar-refractivity contribution in [2.75, 3.05) is 60.4 Å². The molecule has 240 valence electrons. The summed E-state index contributed by atoms with van der Waals surface area (Å²) in [7, 11) is 5.45. The van der Waals surface area contributed by atoms with Gasteiger partial charge in [0.2, 0.25) is 35.4 Å². The second-order valence-electron chi connectivity index (χ2n) is 10.3. The Bertz CT molecular complexity index is 764. The maximum Gasteiger partial charge on any atom is 0.243 e. The first-order chi connectivity index (χ1) is 20.2. The summed E-state index contributed by atoms with van der Waals surface area (Å²) in [4.78, 5) is 76.8. The third-order valence-corrected chi connectivity index (χ3v) is 6.73. The summed E-state index contributed by atoms with van der Waals surface area (Å²) >= 11 is 0. The van der Waals surface area contributed by atoms with Crippen LogP contribution in [0.3, 0.4) is 0 Å². The van der Waals surface area contributed by atoms with E-state index in [1.54, 1.807) is 0 Å². The standard InChI is InChI=1S/C27H51N9O6/c1-28-13-7-4-10-19-25(40)31-17-23(38)35-21(12-6-9-15-30-3)27(42)33-18-24(39)36-20(11-5-8-14-29-2)26(41)32-16-22(37)34-19/h19-21,28-30H,4-18H2,1-3H3,(H,31,40)(H,32,41)(H,33,42)(H,34,37)(H,35,38)(H,36,39)/t19-,20?,21?/m0/s1. The molecular formula is C27H51N9O6. The smallest absolute Gasteiger partial charge is 0.243 e. The van der Waals surface area contributed by atoms with Crippen LogP contribution in [0.2, 0.25) is 0 Å². The highest BCUT2D eigenvalue weighted by Crippen LogP contribution is 2.04. The number of unbranched alkanes of at least 4 members (excludes halogenated alkanes) is 3. The molecule has 15 nitrogen and oxygen atoms in total. The Kier molecular flexibility index (Phi) is 19.5. The second-order valence-corrected chi connectivity index (χ2v) is 10.3. The Morgan fingerprint density at radius 3 is 0.976 bits per heavy atom. The molecule has 1 aliphatic heterocycles. The molecule has 9 N–H and O–H groups in total.